The van der Waals surface area contributed by atoms with Crippen LogP contribution in [0, 0.1) is 5.92 Å². The summed E-state index contributed by atoms with van der Waals surface area (Å²) in [4.78, 5) is 12.5. The number of benzene rings is 1. The second-order valence-electron chi connectivity index (χ2n) is 7.66. The summed E-state index contributed by atoms with van der Waals surface area (Å²) < 4.78 is 33.2. The minimum Gasteiger partial charge on any atom is -0.381 e. The lowest BCUT2D eigenvalue weighted by Crippen LogP contribution is -2.47. The van der Waals surface area contributed by atoms with Crippen molar-refractivity contribution in [1.29, 1.82) is 0 Å². The van der Waals surface area contributed by atoms with E-state index >= 15 is 0 Å². The maximum absolute atomic E-state index is 12.6. The number of nitrogens with two attached hydrogens (primary N) is 1. The van der Waals surface area contributed by atoms with Gasteiger partial charge in [-0.2, -0.15) is 0 Å². The maximum Gasteiger partial charge on any atom is 0.241 e. The van der Waals surface area contributed by atoms with E-state index in [2.05, 4.69) is 10.0 Å². The molecule has 1 aliphatic rings. The number of rotatable bonds is 6. The standard InChI is InChI=1S/C18H29N3O4S/c1-18(2,3)21-26(23,24)15-7-5-4-6-14(15)12-20-17(22)16(19)13-8-10-25-11-9-13/h4-7,13,16,21H,8-12,19H2,1-3H3,(H,20,22). The van der Waals surface area contributed by atoms with Crippen molar-refractivity contribution in [3.05, 3.63) is 29.8 Å². The van der Waals surface area contributed by atoms with Crippen LogP contribution >= 0.6 is 0 Å². The predicted octanol–water partition coefficient (Wildman–Crippen LogP) is 1.13. The SMILES string of the molecule is CC(C)(C)NS(=O)(=O)c1ccccc1CNC(=O)C(N)C1CCOCC1. The molecule has 8 heteroatoms. The van der Waals surface area contributed by atoms with Crippen molar-refractivity contribution in [2.24, 2.45) is 11.7 Å². The number of carbonyl (C=O) groups is 1. The average Bonchev–Trinajstić information content (AvgIpc) is 2.58. The molecule has 1 amide bonds. The second kappa shape index (κ2) is 8.47. The highest BCUT2D eigenvalue weighted by Crippen LogP contribution is 2.19. The van der Waals surface area contributed by atoms with Crippen LogP contribution in [-0.2, 0) is 26.1 Å². The van der Waals surface area contributed by atoms with Crippen molar-refractivity contribution in [2.45, 2.75) is 56.6 Å². The van der Waals surface area contributed by atoms with Crippen molar-refractivity contribution in [1.82, 2.24) is 10.0 Å². The van der Waals surface area contributed by atoms with Gasteiger partial charge in [-0.25, -0.2) is 13.1 Å². The van der Waals surface area contributed by atoms with Crippen LogP contribution in [0.5, 0.6) is 0 Å². The Morgan fingerprint density at radius 1 is 1.27 bits per heavy atom. The molecule has 1 unspecified atom stereocenters. The average molecular weight is 384 g/mol. The molecule has 0 aliphatic carbocycles. The van der Waals surface area contributed by atoms with Gasteiger partial charge in [0.25, 0.3) is 0 Å². The Hall–Kier alpha value is -1.48. The molecule has 7 nitrogen and oxygen atoms in total. The summed E-state index contributed by atoms with van der Waals surface area (Å²) in [6, 6.07) is 6.02. The van der Waals surface area contributed by atoms with E-state index < -0.39 is 21.6 Å². The zero-order chi connectivity index (χ0) is 19.4. The van der Waals surface area contributed by atoms with Crippen molar-refractivity contribution >= 4 is 15.9 Å². The molecular weight excluding hydrogens is 354 g/mol. The Balaban J connectivity index is 2.07. The fraction of sp³-hybridized carbons (Fsp3) is 0.611. The fourth-order valence-electron chi connectivity index (χ4n) is 2.96. The van der Waals surface area contributed by atoms with Crippen LogP contribution in [0.3, 0.4) is 0 Å². The lowest BCUT2D eigenvalue weighted by atomic mass is 9.92. The lowest BCUT2D eigenvalue weighted by molar-refractivity contribution is -0.124. The van der Waals surface area contributed by atoms with Crippen LogP contribution in [0.2, 0.25) is 0 Å². The smallest absolute Gasteiger partial charge is 0.241 e. The van der Waals surface area contributed by atoms with E-state index in [4.69, 9.17) is 10.5 Å². The van der Waals surface area contributed by atoms with E-state index in [1.165, 1.54) is 6.07 Å². The van der Waals surface area contributed by atoms with Gasteiger partial charge in [0.05, 0.1) is 10.9 Å². The number of sulfonamides is 1. The van der Waals surface area contributed by atoms with Crippen molar-refractivity contribution in [3.8, 4) is 0 Å². The molecule has 26 heavy (non-hydrogen) atoms. The van der Waals surface area contributed by atoms with Gasteiger partial charge < -0.3 is 15.8 Å². The van der Waals surface area contributed by atoms with E-state index in [9.17, 15) is 13.2 Å². The minimum atomic E-state index is -3.69. The summed E-state index contributed by atoms with van der Waals surface area (Å²) in [5, 5.41) is 2.77. The van der Waals surface area contributed by atoms with Gasteiger partial charge >= 0.3 is 0 Å². The van der Waals surface area contributed by atoms with Gasteiger partial charge in [-0.1, -0.05) is 18.2 Å². The molecule has 1 aliphatic heterocycles. The van der Waals surface area contributed by atoms with E-state index in [0.717, 1.165) is 12.8 Å². The van der Waals surface area contributed by atoms with Gasteiger partial charge in [0.2, 0.25) is 15.9 Å². The summed E-state index contributed by atoms with van der Waals surface area (Å²) in [7, 11) is -3.69. The van der Waals surface area contributed by atoms with E-state index in [1.54, 1.807) is 39.0 Å². The molecule has 0 radical (unpaired) electrons. The quantitative estimate of drug-likeness (QED) is 0.682. The number of nitrogens with one attached hydrogen (secondary N) is 2. The maximum atomic E-state index is 12.6. The van der Waals surface area contributed by atoms with E-state index in [1.807, 2.05) is 0 Å². The number of hydrogen-bond donors (Lipinski definition) is 3. The zero-order valence-corrected chi connectivity index (χ0v) is 16.4. The number of amides is 1. The molecule has 1 aromatic rings. The lowest BCUT2D eigenvalue weighted by Gasteiger charge is -2.27. The first-order chi connectivity index (χ1) is 12.1. The van der Waals surface area contributed by atoms with Crippen molar-refractivity contribution < 1.29 is 17.9 Å². The first kappa shape index (κ1) is 20.8. The summed E-state index contributed by atoms with van der Waals surface area (Å²) >= 11 is 0. The van der Waals surface area contributed by atoms with Gasteiger partial charge in [0.1, 0.15) is 0 Å². The molecule has 0 aromatic heterocycles. The monoisotopic (exact) mass is 383 g/mol. The predicted molar refractivity (Wildman–Crippen MR) is 99.9 cm³/mol. The second-order valence-corrected chi connectivity index (χ2v) is 9.31. The summed E-state index contributed by atoms with van der Waals surface area (Å²) in [6.07, 6.45) is 1.52. The highest BCUT2D eigenvalue weighted by Gasteiger charge is 2.27. The van der Waals surface area contributed by atoms with Gasteiger partial charge in [-0.15, -0.1) is 0 Å². The van der Waals surface area contributed by atoms with Crippen molar-refractivity contribution in [3.63, 3.8) is 0 Å². The molecule has 0 saturated carbocycles. The molecular formula is C18H29N3O4S. The van der Waals surface area contributed by atoms with Crippen LogP contribution in [0.25, 0.3) is 0 Å². The van der Waals surface area contributed by atoms with Crippen LogP contribution in [0.15, 0.2) is 29.2 Å². The summed E-state index contributed by atoms with van der Waals surface area (Å²) in [5.41, 5.74) is 5.99. The Labute approximate surface area is 155 Å². The summed E-state index contributed by atoms with van der Waals surface area (Å²) in [6.45, 7) is 6.68. The van der Waals surface area contributed by atoms with Crippen LogP contribution in [-0.4, -0.2) is 39.1 Å². The molecule has 1 fully saturated rings. The van der Waals surface area contributed by atoms with Crippen LogP contribution < -0.4 is 15.8 Å². The molecule has 4 N–H and O–H groups in total. The third kappa shape index (κ3) is 5.77. The molecule has 0 spiro atoms. The molecule has 146 valence electrons. The van der Waals surface area contributed by atoms with Crippen molar-refractivity contribution in [2.75, 3.05) is 13.2 Å². The number of ether oxygens (including phenoxy) is 1. The number of hydrogen-bond acceptors (Lipinski definition) is 5. The molecule has 1 heterocycles. The Morgan fingerprint density at radius 2 is 1.88 bits per heavy atom. The highest BCUT2D eigenvalue weighted by molar-refractivity contribution is 7.89. The zero-order valence-electron chi connectivity index (χ0n) is 15.6. The Morgan fingerprint density at radius 3 is 2.50 bits per heavy atom. The van der Waals surface area contributed by atoms with Crippen LogP contribution in [0.1, 0.15) is 39.2 Å². The fourth-order valence-corrected chi connectivity index (χ4v) is 4.62. The first-order valence-electron chi connectivity index (χ1n) is 8.83. The summed E-state index contributed by atoms with van der Waals surface area (Å²) in [5.74, 6) is -0.182. The minimum absolute atomic E-state index is 0.0882. The van der Waals surface area contributed by atoms with Gasteiger partial charge in [0, 0.05) is 25.3 Å². The van der Waals surface area contributed by atoms with E-state index in [0.29, 0.717) is 18.8 Å². The molecule has 2 rings (SSSR count). The topological polar surface area (TPSA) is 111 Å². The Kier molecular flexibility index (Phi) is 6.79. The van der Waals surface area contributed by atoms with Gasteiger partial charge in [-0.3, -0.25) is 4.79 Å². The third-order valence-corrected chi connectivity index (χ3v) is 6.09. The largest absolute Gasteiger partial charge is 0.381 e. The third-order valence-electron chi connectivity index (χ3n) is 4.23. The van der Waals surface area contributed by atoms with E-state index in [-0.39, 0.29) is 23.3 Å². The van der Waals surface area contributed by atoms with Gasteiger partial charge in [0.15, 0.2) is 0 Å². The van der Waals surface area contributed by atoms with Gasteiger partial charge in [-0.05, 0) is 51.2 Å². The molecule has 1 aromatic carbocycles. The molecule has 0 bridgehead atoms. The highest BCUT2D eigenvalue weighted by atomic mass is 32.2. The first-order valence-corrected chi connectivity index (χ1v) is 10.3. The number of carbonyl (C=O) groups excluding carboxylic acids is 1. The normalized spacial score (nSPS) is 17.7. The van der Waals surface area contributed by atoms with Crippen LogP contribution in [0.4, 0.5) is 0 Å². The molecule has 1 atom stereocenters. The Bertz CT molecular complexity index is 722. The molecule has 1 saturated heterocycles.